The predicted molar refractivity (Wildman–Crippen MR) is 65.8 cm³/mol. The van der Waals surface area contributed by atoms with Gasteiger partial charge in [-0.25, -0.2) is 0 Å². The molecule has 0 spiro atoms. The van der Waals surface area contributed by atoms with E-state index in [2.05, 4.69) is 0 Å². The molecule has 3 N–H and O–H groups in total. The highest BCUT2D eigenvalue weighted by Crippen LogP contribution is 2.54. The van der Waals surface area contributed by atoms with Crippen LogP contribution in [0.4, 0.5) is 0 Å². The monoisotopic (exact) mass is 237 g/mol. The SMILES string of the molecule is COc1cc(C2(C(C)N)CC2)c(OC)cc1O. The lowest BCUT2D eigenvalue weighted by atomic mass is 9.88. The topological polar surface area (TPSA) is 64.7 Å². The first-order valence-corrected chi connectivity index (χ1v) is 5.76. The van der Waals surface area contributed by atoms with E-state index in [1.807, 2.05) is 13.0 Å². The Balaban J connectivity index is 2.52. The van der Waals surface area contributed by atoms with Crippen LogP contribution in [0.3, 0.4) is 0 Å². The van der Waals surface area contributed by atoms with Crippen molar-refractivity contribution in [1.29, 1.82) is 0 Å². The summed E-state index contributed by atoms with van der Waals surface area (Å²) >= 11 is 0. The Labute approximate surface area is 101 Å². The number of hydrogen-bond acceptors (Lipinski definition) is 4. The van der Waals surface area contributed by atoms with Crippen LogP contribution in [0.1, 0.15) is 25.3 Å². The van der Waals surface area contributed by atoms with Crippen LogP contribution in [0, 0.1) is 0 Å². The van der Waals surface area contributed by atoms with Gasteiger partial charge in [-0.05, 0) is 25.8 Å². The summed E-state index contributed by atoms with van der Waals surface area (Å²) in [6.45, 7) is 2.01. The summed E-state index contributed by atoms with van der Waals surface area (Å²) in [6, 6.07) is 3.49. The van der Waals surface area contributed by atoms with Gasteiger partial charge in [0.1, 0.15) is 5.75 Å². The minimum atomic E-state index is -0.0215. The van der Waals surface area contributed by atoms with E-state index in [0.717, 1.165) is 18.4 Å². The molecule has 1 aliphatic carbocycles. The molecule has 0 saturated heterocycles. The molecule has 1 aromatic rings. The van der Waals surface area contributed by atoms with Gasteiger partial charge in [0.05, 0.1) is 14.2 Å². The maximum absolute atomic E-state index is 9.74. The van der Waals surface area contributed by atoms with E-state index in [4.69, 9.17) is 15.2 Å². The van der Waals surface area contributed by atoms with Crippen molar-refractivity contribution in [3.05, 3.63) is 17.7 Å². The van der Waals surface area contributed by atoms with Crippen LogP contribution in [-0.4, -0.2) is 25.4 Å². The minimum Gasteiger partial charge on any atom is -0.504 e. The fourth-order valence-electron chi connectivity index (χ4n) is 2.38. The van der Waals surface area contributed by atoms with Gasteiger partial charge in [-0.15, -0.1) is 0 Å². The first kappa shape index (κ1) is 12.0. The number of aromatic hydroxyl groups is 1. The van der Waals surface area contributed by atoms with E-state index in [-0.39, 0.29) is 17.2 Å². The van der Waals surface area contributed by atoms with Crippen molar-refractivity contribution in [2.75, 3.05) is 14.2 Å². The van der Waals surface area contributed by atoms with E-state index in [1.165, 1.54) is 7.11 Å². The third-order valence-corrected chi connectivity index (χ3v) is 3.70. The van der Waals surface area contributed by atoms with Crippen molar-refractivity contribution in [3.63, 3.8) is 0 Å². The van der Waals surface area contributed by atoms with Crippen molar-refractivity contribution in [1.82, 2.24) is 0 Å². The summed E-state index contributed by atoms with van der Waals surface area (Å²) in [5, 5.41) is 9.74. The molecule has 4 heteroatoms. The summed E-state index contributed by atoms with van der Waals surface area (Å²) in [4.78, 5) is 0. The molecule has 94 valence electrons. The standard InChI is InChI=1S/C13H19NO3/c1-8(14)13(4-5-13)9-6-12(17-3)10(15)7-11(9)16-2/h6-8,15H,4-5,14H2,1-3H3. The van der Waals surface area contributed by atoms with Crippen LogP contribution in [0.5, 0.6) is 17.2 Å². The maximum atomic E-state index is 9.74. The van der Waals surface area contributed by atoms with E-state index in [0.29, 0.717) is 11.5 Å². The van der Waals surface area contributed by atoms with E-state index >= 15 is 0 Å². The Hall–Kier alpha value is -1.42. The third-order valence-electron chi connectivity index (χ3n) is 3.70. The van der Waals surface area contributed by atoms with E-state index in [9.17, 15) is 5.11 Å². The number of benzene rings is 1. The molecular formula is C13H19NO3. The zero-order chi connectivity index (χ0) is 12.6. The Morgan fingerprint density at radius 1 is 1.24 bits per heavy atom. The second-order valence-corrected chi connectivity index (χ2v) is 4.67. The normalized spacial score (nSPS) is 18.6. The van der Waals surface area contributed by atoms with Gasteiger partial charge in [-0.2, -0.15) is 0 Å². The van der Waals surface area contributed by atoms with Gasteiger partial charge in [0.15, 0.2) is 11.5 Å². The van der Waals surface area contributed by atoms with Crippen LogP contribution in [-0.2, 0) is 5.41 Å². The molecule has 17 heavy (non-hydrogen) atoms. The number of methoxy groups -OCH3 is 2. The number of hydrogen-bond donors (Lipinski definition) is 2. The number of phenolic OH excluding ortho intramolecular Hbond substituents is 1. The molecule has 1 atom stereocenters. The molecule has 0 aromatic heterocycles. The number of ether oxygens (including phenoxy) is 2. The van der Waals surface area contributed by atoms with Crippen LogP contribution in [0.25, 0.3) is 0 Å². The van der Waals surface area contributed by atoms with Gasteiger partial charge in [-0.3, -0.25) is 0 Å². The summed E-state index contributed by atoms with van der Waals surface area (Å²) in [5.74, 6) is 1.24. The molecule has 0 heterocycles. The highest BCUT2D eigenvalue weighted by atomic mass is 16.5. The Bertz CT molecular complexity index is 425. The molecule has 1 fully saturated rings. The van der Waals surface area contributed by atoms with Gasteiger partial charge >= 0.3 is 0 Å². The predicted octanol–water partition coefficient (Wildman–Crippen LogP) is 1.79. The summed E-state index contributed by atoms with van der Waals surface area (Å²) in [7, 11) is 3.14. The summed E-state index contributed by atoms with van der Waals surface area (Å²) in [5.41, 5.74) is 7.07. The van der Waals surface area contributed by atoms with Crippen molar-refractivity contribution >= 4 is 0 Å². The van der Waals surface area contributed by atoms with Crippen LogP contribution >= 0.6 is 0 Å². The Kier molecular flexibility index (Phi) is 2.91. The molecule has 1 aromatic carbocycles. The maximum Gasteiger partial charge on any atom is 0.161 e. The molecular weight excluding hydrogens is 218 g/mol. The summed E-state index contributed by atoms with van der Waals surface area (Å²) < 4.78 is 10.5. The average Bonchev–Trinajstić information content (AvgIpc) is 3.09. The van der Waals surface area contributed by atoms with Crippen LogP contribution in [0.15, 0.2) is 12.1 Å². The molecule has 2 rings (SSSR count). The lowest BCUT2D eigenvalue weighted by Crippen LogP contribution is -2.31. The molecule has 1 aliphatic rings. The quantitative estimate of drug-likeness (QED) is 0.838. The van der Waals surface area contributed by atoms with Crippen LogP contribution < -0.4 is 15.2 Å². The van der Waals surface area contributed by atoms with Gasteiger partial charge < -0.3 is 20.3 Å². The molecule has 1 saturated carbocycles. The highest BCUT2D eigenvalue weighted by Gasteiger charge is 2.49. The van der Waals surface area contributed by atoms with Crippen molar-refractivity contribution in [3.8, 4) is 17.2 Å². The lowest BCUT2D eigenvalue weighted by Gasteiger charge is -2.23. The van der Waals surface area contributed by atoms with Crippen LogP contribution in [0.2, 0.25) is 0 Å². The smallest absolute Gasteiger partial charge is 0.161 e. The number of nitrogens with two attached hydrogens (primary N) is 1. The third kappa shape index (κ3) is 1.82. The summed E-state index contributed by atoms with van der Waals surface area (Å²) in [6.07, 6.45) is 2.10. The second-order valence-electron chi connectivity index (χ2n) is 4.67. The number of phenols is 1. The zero-order valence-corrected chi connectivity index (χ0v) is 10.5. The Morgan fingerprint density at radius 3 is 2.24 bits per heavy atom. The zero-order valence-electron chi connectivity index (χ0n) is 10.5. The minimum absolute atomic E-state index is 0.0215. The number of rotatable bonds is 4. The van der Waals surface area contributed by atoms with Crippen molar-refractivity contribution in [2.45, 2.75) is 31.2 Å². The molecule has 0 bridgehead atoms. The fraction of sp³-hybridized carbons (Fsp3) is 0.538. The largest absolute Gasteiger partial charge is 0.504 e. The average molecular weight is 237 g/mol. The Morgan fingerprint density at radius 2 is 1.82 bits per heavy atom. The van der Waals surface area contributed by atoms with Crippen molar-refractivity contribution in [2.24, 2.45) is 5.73 Å². The molecule has 0 amide bonds. The van der Waals surface area contributed by atoms with Crippen molar-refractivity contribution < 1.29 is 14.6 Å². The molecule has 1 unspecified atom stereocenters. The van der Waals surface area contributed by atoms with Gasteiger partial charge in [0.25, 0.3) is 0 Å². The molecule has 0 radical (unpaired) electrons. The van der Waals surface area contributed by atoms with Gasteiger partial charge in [0.2, 0.25) is 0 Å². The highest BCUT2D eigenvalue weighted by molar-refractivity contribution is 5.55. The van der Waals surface area contributed by atoms with Gasteiger partial charge in [0, 0.05) is 23.1 Å². The second kappa shape index (κ2) is 4.11. The molecule has 4 nitrogen and oxygen atoms in total. The fourth-order valence-corrected chi connectivity index (χ4v) is 2.38. The van der Waals surface area contributed by atoms with Gasteiger partial charge in [-0.1, -0.05) is 0 Å². The van der Waals surface area contributed by atoms with E-state index < -0.39 is 0 Å². The first-order chi connectivity index (χ1) is 8.05. The van der Waals surface area contributed by atoms with E-state index in [1.54, 1.807) is 13.2 Å². The molecule has 0 aliphatic heterocycles. The lowest BCUT2D eigenvalue weighted by molar-refractivity contribution is 0.359. The first-order valence-electron chi connectivity index (χ1n) is 5.76.